The number of H-pyrrole nitrogens is 1. The third-order valence-electron chi connectivity index (χ3n) is 3.67. The Hall–Kier alpha value is -2.08. The first-order valence-electron chi connectivity index (χ1n) is 7.22. The highest BCUT2D eigenvalue weighted by molar-refractivity contribution is 7.98. The molecule has 0 radical (unpaired) electrons. The van der Waals surface area contributed by atoms with Crippen LogP contribution in [0.4, 0.5) is 0 Å². The SMILES string of the molecule is COC(=O)c1c(SCc2c(C)cc(C)cc2C)nc(=O)[nH]c1C. The number of carbonyl (C=O) groups excluding carboxylic acids is 1. The monoisotopic (exact) mass is 332 g/mol. The van der Waals surface area contributed by atoms with Crippen LogP contribution in [0.15, 0.2) is 22.0 Å². The predicted molar refractivity (Wildman–Crippen MR) is 91.1 cm³/mol. The minimum Gasteiger partial charge on any atom is -0.465 e. The van der Waals surface area contributed by atoms with Gasteiger partial charge in [0, 0.05) is 11.4 Å². The van der Waals surface area contributed by atoms with E-state index in [2.05, 4.69) is 42.9 Å². The maximum Gasteiger partial charge on any atom is 0.346 e. The number of hydrogen-bond acceptors (Lipinski definition) is 5. The van der Waals surface area contributed by atoms with Gasteiger partial charge in [0.05, 0.1) is 7.11 Å². The van der Waals surface area contributed by atoms with Crippen molar-refractivity contribution in [2.75, 3.05) is 7.11 Å². The molecule has 2 rings (SSSR count). The molecule has 0 saturated heterocycles. The lowest BCUT2D eigenvalue weighted by Crippen LogP contribution is -2.19. The van der Waals surface area contributed by atoms with E-state index in [4.69, 9.17) is 4.74 Å². The number of carbonyl (C=O) groups is 1. The highest BCUT2D eigenvalue weighted by atomic mass is 32.2. The summed E-state index contributed by atoms with van der Waals surface area (Å²) in [6, 6.07) is 4.25. The Bertz CT molecular complexity index is 789. The quantitative estimate of drug-likeness (QED) is 0.529. The molecule has 0 aliphatic carbocycles. The summed E-state index contributed by atoms with van der Waals surface area (Å²) in [6.07, 6.45) is 0. The van der Waals surface area contributed by atoms with Gasteiger partial charge in [0.25, 0.3) is 0 Å². The summed E-state index contributed by atoms with van der Waals surface area (Å²) in [5.41, 5.74) is 5.11. The zero-order chi connectivity index (χ0) is 17.1. The lowest BCUT2D eigenvalue weighted by molar-refractivity contribution is 0.0594. The van der Waals surface area contributed by atoms with Gasteiger partial charge in [0.15, 0.2) is 0 Å². The van der Waals surface area contributed by atoms with Gasteiger partial charge in [0.1, 0.15) is 10.6 Å². The zero-order valence-corrected chi connectivity index (χ0v) is 14.8. The van der Waals surface area contributed by atoms with E-state index in [1.807, 2.05) is 0 Å². The van der Waals surface area contributed by atoms with Crippen molar-refractivity contribution < 1.29 is 9.53 Å². The van der Waals surface area contributed by atoms with Crippen LogP contribution in [-0.2, 0) is 10.5 Å². The normalized spacial score (nSPS) is 10.7. The van der Waals surface area contributed by atoms with E-state index in [1.54, 1.807) is 6.92 Å². The van der Waals surface area contributed by atoms with Crippen molar-refractivity contribution in [3.63, 3.8) is 0 Å². The van der Waals surface area contributed by atoms with Gasteiger partial charge >= 0.3 is 11.7 Å². The average Bonchev–Trinajstić information content (AvgIpc) is 2.44. The van der Waals surface area contributed by atoms with Crippen LogP contribution in [0.5, 0.6) is 0 Å². The van der Waals surface area contributed by atoms with Crippen molar-refractivity contribution in [1.29, 1.82) is 0 Å². The second kappa shape index (κ2) is 7.00. The van der Waals surface area contributed by atoms with Gasteiger partial charge in [0.2, 0.25) is 0 Å². The fraction of sp³-hybridized carbons (Fsp3) is 0.353. The smallest absolute Gasteiger partial charge is 0.346 e. The molecule has 5 nitrogen and oxygen atoms in total. The van der Waals surface area contributed by atoms with E-state index in [0.29, 0.717) is 22.0 Å². The molecule has 122 valence electrons. The minimum absolute atomic E-state index is 0.319. The van der Waals surface area contributed by atoms with Crippen molar-refractivity contribution in [3.05, 3.63) is 56.1 Å². The van der Waals surface area contributed by atoms with Gasteiger partial charge in [-0.15, -0.1) is 11.8 Å². The van der Waals surface area contributed by atoms with Crippen LogP contribution in [-0.4, -0.2) is 23.0 Å². The summed E-state index contributed by atoms with van der Waals surface area (Å²) in [6.45, 7) is 7.86. The number of aromatic amines is 1. The summed E-state index contributed by atoms with van der Waals surface area (Å²) < 4.78 is 4.80. The number of rotatable bonds is 4. The zero-order valence-electron chi connectivity index (χ0n) is 13.9. The summed E-state index contributed by atoms with van der Waals surface area (Å²) in [5.74, 6) is 0.142. The maximum absolute atomic E-state index is 12.0. The predicted octanol–water partition coefficient (Wildman–Crippen LogP) is 3.08. The molecule has 0 aliphatic rings. The number of nitrogens with zero attached hydrogens (tertiary/aromatic N) is 1. The highest BCUT2D eigenvalue weighted by Gasteiger charge is 2.19. The first-order chi connectivity index (χ1) is 10.8. The van der Waals surface area contributed by atoms with Crippen LogP contribution >= 0.6 is 11.8 Å². The van der Waals surface area contributed by atoms with Crippen LogP contribution in [0.3, 0.4) is 0 Å². The fourth-order valence-electron chi connectivity index (χ4n) is 2.58. The Labute approximate surface area is 139 Å². The molecule has 0 atom stereocenters. The molecule has 0 aliphatic heterocycles. The van der Waals surface area contributed by atoms with E-state index < -0.39 is 11.7 Å². The molecule has 1 heterocycles. The molecule has 23 heavy (non-hydrogen) atoms. The number of benzene rings is 1. The third-order valence-corrected chi connectivity index (χ3v) is 4.67. The number of thioether (sulfide) groups is 1. The molecule has 2 aromatic rings. The average molecular weight is 332 g/mol. The first-order valence-corrected chi connectivity index (χ1v) is 8.20. The number of aromatic nitrogens is 2. The number of aryl methyl sites for hydroxylation is 4. The fourth-order valence-corrected chi connectivity index (χ4v) is 3.85. The Morgan fingerprint density at radius 1 is 1.22 bits per heavy atom. The van der Waals surface area contributed by atoms with Gasteiger partial charge in [-0.25, -0.2) is 9.59 Å². The van der Waals surface area contributed by atoms with E-state index >= 15 is 0 Å². The molecule has 0 spiro atoms. The molecular formula is C17H20N2O3S. The maximum atomic E-state index is 12.0. The molecule has 0 amide bonds. The third kappa shape index (κ3) is 3.82. The number of esters is 1. The highest BCUT2D eigenvalue weighted by Crippen LogP contribution is 2.28. The van der Waals surface area contributed by atoms with Gasteiger partial charge in [-0.1, -0.05) is 17.7 Å². The van der Waals surface area contributed by atoms with Crippen LogP contribution in [0.25, 0.3) is 0 Å². The van der Waals surface area contributed by atoms with Gasteiger partial charge < -0.3 is 9.72 Å². The van der Waals surface area contributed by atoms with E-state index in [9.17, 15) is 9.59 Å². The van der Waals surface area contributed by atoms with E-state index in [0.717, 1.165) is 0 Å². The number of hydrogen-bond donors (Lipinski definition) is 1. The number of nitrogens with one attached hydrogen (secondary N) is 1. The van der Waals surface area contributed by atoms with Crippen molar-refractivity contribution in [1.82, 2.24) is 9.97 Å². The van der Waals surface area contributed by atoms with Gasteiger partial charge in [-0.3, -0.25) is 0 Å². The molecule has 0 bridgehead atoms. The number of ether oxygens (including phenoxy) is 1. The van der Waals surface area contributed by atoms with E-state index in [1.165, 1.54) is 41.1 Å². The second-order valence-electron chi connectivity index (χ2n) is 5.50. The lowest BCUT2D eigenvalue weighted by Gasteiger charge is -2.12. The minimum atomic E-state index is -0.494. The van der Waals surface area contributed by atoms with Crippen LogP contribution in [0, 0.1) is 27.7 Å². The summed E-state index contributed by atoms with van der Waals surface area (Å²) in [4.78, 5) is 30.1. The second-order valence-corrected chi connectivity index (χ2v) is 6.47. The lowest BCUT2D eigenvalue weighted by atomic mass is 10.0. The molecule has 1 aromatic heterocycles. The largest absolute Gasteiger partial charge is 0.465 e. The first kappa shape index (κ1) is 17.3. The van der Waals surface area contributed by atoms with Crippen molar-refractivity contribution in [2.24, 2.45) is 0 Å². The van der Waals surface area contributed by atoms with Crippen LogP contribution < -0.4 is 5.69 Å². The molecule has 6 heteroatoms. The molecule has 0 saturated carbocycles. The van der Waals surface area contributed by atoms with Crippen LogP contribution in [0.2, 0.25) is 0 Å². The van der Waals surface area contributed by atoms with Crippen molar-refractivity contribution in [2.45, 2.75) is 38.5 Å². The van der Waals surface area contributed by atoms with Crippen molar-refractivity contribution >= 4 is 17.7 Å². The van der Waals surface area contributed by atoms with E-state index in [-0.39, 0.29) is 0 Å². The standard InChI is InChI=1S/C17H20N2O3S/c1-9-6-10(2)13(11(3)7-9)8-23-15-14(16(20)22-5)12(4)18-17(21)19-15/h6-7H,8H2,1-5H3,(H,18,19,21). The van der Waals surface area contributed by atoms with Gasteiger partial charge in [-0.2, -0.15) is 4.98 Å². The summed E-state index contributed by atoms with van der Waals surface area (Å²) >= 11 is 1.37. The van der Waals surface area contributed by atoms with Crippen LogP contribution in [0.1, 0.15) is 38.3 Å². The van der Waals surface area contributed by atoms with Gasteiger partial charge in [-0.05, 0) is 44.4 Å². The Morgan fingerprint density at radius 2 is 1.83 bits per heavy atom. The molecule has 0 unspecified atom stereocenters. The molecular weight excluding hydrogens is 312 g/mol. The molecule has 0 fully saturated rings. The van der Waals surface area contributed by atoms with Crippen molar-refractivity contribution in [3.8, 4) is 0 Å². The number of methoxy groups -OCH3 is 1. The summed E-state index contributed by atoms with van der Waals surface area (Å²) in [5, 5.41) is 0.400. The summed E-state index contributed by atoms with van der Waals surface area (Å²) in [7, 11) is 1.32. The molecule has 1 N–H and O–H groups in total. The Morgan fingerprint density at radius 3 is 2.39 bits per heavy atom. The Balaban J connectivity index is 2.38. The Kier molecular flexibility index (Phi) is 5.26. The topological polar surface area (TPSA) is 72.0 Å². The molecule has 1 aromatic carbocycles.